The molecule has 0 saturated heterocycles. The van der Waals surface area contributed by atoms with Gasteiger partial charge in [-0.25, -0.2) is 8.42 Å². The molecule has 4 nitrogen and oxygen atoms in total. The summed E-state index contributed by atoms with van der Waals surface area (Å²) in [6.07, 6.45) is -0.443. The van der Waals surface area contributed by atoms with Crippen molar-refractivity contribution >= 4 is 9.84 Å². The highest BCUT2D eigenvalue weighted by molar-refractivity contribution is 7.91. The molecule has 0 aliphatic heterocycles. The van der Waals surface area contributed by atoms with E-state index in [0.717, 1.165) is 11.1 Å². The van der Waals surface area contributed by atoms with Gasteiger partial charge in [0, 0.05) is 13.2 Å². The van der Waals surface area contributed by atoms with Gasteiger partial charge in [0.1, 0.15) is 0 Å². The average Bonchev–Trinajstić information content (AvgIpc) is 2.31. The Balaban J connectivity index is 2.95. The van der Waals surface area contributed by atoms with Crippen molar-refractivity contribution in [1.82, 2.24) is 0 Å². The molecule has 102 valence electrons. The van der Waals surface area contributed by atoms with E-state index in [4.69, 9.17) is 10.5 Å². The van der Waals surface area contributed by atoms with Crippen LogP contribution < -0.4 is 5.73 Å². The molecule has 0 amide bonds. The third kappa shape index (κ3) is 3.80. The fraction of sp³-hybridized carbons (Fsp3) is 0.538. The van der Waals surface area contributed by atoms with Gasteiger partial charge in [-0.3, -0.25) is 0 Å². The van der Waals surface area contributed by atoms with Gasteiger partial charge in [0.15, 0.2) is 9.84 Å². The van der Waals surface area contributed by atoms with Crippen LogP contribution in [0.2, 0.25) is 0 Å². The molecule has 0 heterocycles. The topological polar surface area (TPSA) is 69.4 Å². The van der Waals surface area contributed by atoms with Crippen LogP contribution in [0.25, 0.3) is 0 Å². The highest BCUT2D eigenvalue weighted by Gasteiger charge is 2.21. The first-order chi connectivity index (χ1) is 8.40. The van der Waals surface area contributed by atoms with Crippen molar-refractivity contribution in [3.05, 3.63) is 29.3 Å². The first kappa shape index (κ1) is 15.1. The summed E-state index contributed by atoms with van der Waals surface area (Å²) in [4.78, 5) is 0.337. The Morgan fingerprint density at radius 3 is 2.44 bits per heavy atom. The molecule has 1 aromatic rings. The lowest BCUT2D eigenvalue weighted by atomic mass is 10.1. The van der Waals surface area contributed by atoms with Gasteiger partial charge in [-0.05, 0) is 44.0 Å². The van der Waals surface area contributed by atoms with E-state index in [1.54, 1.807) is 12.1 Å². The Kier molecular flexibility index (Phi) is 5.31. The number of ether oxygens (including phenoxy) is 1. The number of benzene rings is 1. The Labute approximate surface area is 109 Å². The Bertz CT molecular complexity index is 497. The van der Waals surface area contributed by atoms with Gasteiger partial charge in [0.25, 0.3) is 0 Å². The summed E-state index contributed by atoms with van der Waals surface area (Å²) in [6.45, 7) is 6.35. The third-order valence-electron chi connectivity index (χ3n) is 2.91. The fourth-order valence-electron chi connectivity index (χ4n) is 1.67. The van der Waals surface area contributed by atoms with E-state index in [1.165, 1.54) is 0 Å². The largest absolute Gasteiger partial charge is 0.376 e. The maximum Gasteiger partial charge on any atom is 0.180 e. The molecule has 2 N–H and O–H groups in total. The maximum absolute atomic E-state index is 12.2. The monoisotopic (exact) mass is 271 g/mol. The Morgan fingerprint density at radius 1 is 1.28 bits per heavy atom. The van der Waals surface area contributed by atoms with Gasteiger partial charge in [-0.15, -0.1) is 0 Å². The molecule has 1 rings (SSSR count). The van der Waals surface area contributed by atoms with E-state index < -0.39 is 15.9 Å². The molecule has 0 saturated carbocycles. The normalized spacial score (nSPS) is 13.6. The van der Waals surface area contributed by atoms with Crippen LogP contribution in [0.3, 0.4) is 0 Å². The Morgan fingerprint density at radius 2 is 1.94 bits per heavy atom. The highest BCUT2D eigenvalue weighted by Crippen LogP contribution is 2.17. The molecule has 5 heteroatoms. The van der Waals surface area contributed by atoms with Crippen LogP contribution in [0.15, 0.2) is 23.1 Å². The fourth-order valence-corrected chi connectivity index (χ4v) is 3.21. The van der Waals surface area contributed by atoms with E-state index in [9.17, 15) is 8.42 Å². The summed E-state index contributed by atoms with van der Waals surface area (Å²) >= 11 is 0. The lowest BCUT2D eigenvalue weighted by molar-refractivity contribution is 0.0846. The van der Waals surface area contributed by atoms with Crippen molar-refractivity contribution in [2.24, 2.45) is 5.73 Å². The minimum absolute atomic E-state index is 0.0696. The average molecular weight is 271 g/mol. The molecule has 1 aromatic carbocycles. The molecule has 1 unspecified atom stereocenters. The van der Waals surface area contributed by atoms with Crippen molar-refractivity contribution in [3.8, 4) is 0 Å². The maximum atomic E-state index is 12.2. The van der Waals surface area contributed by atoms with Crippen molar-refractivity contribution < 1.29 is 13.2 Å². The summed E-state index contributed by atoms with van der Waals surface area (Å²) in [6, 6.07) is 5.15. The second-order valence-electron chi connectivity index (χ2n) is 4.34. The van der Waals surface area contributed by atoms with Crippen LogP contribution in [0.4, 0.5) is 0 Å². The standard InChI is InChI=1S/C13H21NO3S/c1-4-17-12(8-14)9-18(15,16)13-6-5-10(2)11(3)7-13/h5-7,12H,4,8-9,14H2,1-3H3. The summed E-state index contributed by atoms with van der Waals surface area (Å²) in [5.41, 5.74) is 7.56. The molecule has 1 atom stereocenters. The zero-order valence-corrected chi connectivity index (χ0v) is 12.0. The zero-order valence-electron chi connectivity index (χ0n) is 11.1. The van der Waals surface area contributed by atoms with Crippen LogP contribution in [0.5, 0.6) is 0 Å². The van der Waals surface area contributed by atoms with E-state index in [-0.39, 0.29) is 12.3 Å². The molecule has 0 bridgehead atoms. The van der Waals surface area contributed by atoms with E-state index >= 15 is 0 Å². The van der Waals surface area contributed by atoms with Gasteiger partial charge in [-0.1, -0.05) is 6.07 Å². The molecule has 0 aliphatic carbocycles. The molecule has 0 fully saturated rings. The molecule has 0 aliphatic rings. The van der Waals surface area contributed by atoms with E-state index in [0.29, 0.717) is 11.5 Å². The minimum atomic E-state index is -3.34. The van der Waals surface area contributed by atoms with Crippen LogP contribution in [0, 0.1) is 13.8 Å². The molecular weight excluding hydrogens is 250 g/mol. The number of hydrogen-bond acceptors (Lipinski definition) is 4. The number of sulfone groups is 1. The van der Waals surface area contributed by atoms with Gasteiger partial charge in [0.05, 0.1) is 16.8 Å². The number of nitrogens with two attached hydrogens (primary N) is 1. The molecular formula is C13H21NO3S. The first-order valence-electron chi connectivity index (χ1n) is 6.02. The van der Waals surface area contributed by atoms with E-state index in [1.807, 2.05) is 26.8 Å². The lowest BCUT2D eigenvalue weighted by Gasteiger charge is -2.15. The number of rotatable bonds is 6. The van der Waals surface area contributed by atoms with Gasteiger partial charge in [0.2, 0.25) is 0 Å². The van der Waals surface area contributed by atoms with E-state index in [2.05, 4.69) is 0 Å². The summed E-state index contributed by atoms with van der Waals surface area (Å²) in [7, 11) is -3.34. The molecule has 0 radical (unpaired) electrons. The van der Waals surface area contributed by atoms with Crippen LogP contribution in [-0.4, -0.2) is 33.4 Å². The van der Waals surface area contributed by atoms with Crippen molar-refractivity contribution in [2.75, 3.05) is 18.9 Å². The quantitative estimate of drug-likeness (QED) is 0.850. The number of hydrogen-bond donors (Lipinski definition) is 1. The predicted octanol–water partition coefficient (Wildman–Crippen LogP) is 1.44. The highest BCUT2D eigenvalue weighted by atomic mass is 32.2. The number of aryl methyl sites for hydroxylation is 2. The van der Waals surface area contributed by atoms with Crippen molar-refractivity contribution in [2.45, 2.75) is 31.8 Å². The van der Waals surface area contributed by atoms with Gasteiger partial charge < -0.3 is 10.5 Å². The van der Waals surface area contributed by atoms with Crippen molar-refractivity contribution in [3.63, 3.8) is 0 Å². The second-order valence-corrected chi connectivity index (χ2v) is 6.37. The van der Waals surface area contributed by atoms with Crippen LogP contribution >= 0.6 is 0 Å². The zero-order chi connectivity index (χ0) is 13.8. The predicted molar refractivity (Wildman–Crippen MR) is 72.4 cm³/mol. The summed E-state index contributed by atoms with van der Waals surface area (Å²) < 4.78 is 29.7. The molecule has 0 spiro atoms. The van der Waals surface area contributed by atoms with Gasteiger partial charge >= 0.3 is 0 Å². The third-order valence-corrected chi connectivity index (χ3v) is 4.69. The Hall–Kier alpha value is -0.910. The van der Waals surface area contributed by atoms with Crippen LogP contribution in [0.1, 0.15) is 18.1 Å². The molecule has 0 aromatic heterocycles. The lowest BCUT2D eigenvalue weighted by Crippen LogP contribution is -2.31. The smallest absolute Gasteiger partial charge is 0.180 e. The van der Waals surface area contributed by atoms with Crippen LogP contribution in [-0.2, 0) is 14.6 Å². The summed E-state index contributed by atoms with van der Waals surface area (Å²) in [5.74, 6) is -0.0696. The van der Waals surface area contributed by atoms with Gasteiger partial charge in [-0.2, -0.15) is 0 Å². The first-order valence-corrected chi connectivity index (χ1v) is 7.67. The SMILES string of the molecule is CCOC(CN)CS(=O)(=O)c1ccc(C)c(C)c1. The summed E-state index contributed by atoms with van der Waals surface area (Å²) in [5, 5.41) is 0. The van der Waals surface area contributed by atoms with Crippen molar-refractivity contribution in [1.29, 1.82) is 0 Å². The second kappa shape index (κ2) is 6.31. The minimum Gasteiger partial charge on any atom is -0.376 e. The molecule has 18 heavy (non-hydrogen) atoms.